The predicted octanol–water partition coefficient (Wildman–Crippen LogP) is 2.78. The molecule has 0 unspecified atom stereocenters. The van der Waals surface area contributed by atoms with Crippen LogP contribution in [0, 0.1) is 5.82 Å². The number of hydrogen-bond donors (Lipinski definition) is 1. The number of fused-ring (bicyclic) bond motifs is 2. The molecule has 25 heavy (non-hydrogen) atoms. The molecule has 4 aromatic rings. The Kier molecular flexibility index (Phi) is 3.73. The molecule has 2 aromatic carbocycles. The van der Waals surface area contributed by atoms with Crippen molar-refractivity contribution in [2.45, 2.75) is 6.54 Å². The van der Waals surface area contributed by atoms with Crippen molar-refractivity contribution in [3.63, 3.8) is 0 Å². The van der Waals surface area contributed by atoms with Gasteiger partial charge in [-0.05, 0) is 30.3 Å². The highest BCUT2D eigenvalue weighted by Gasteiger charge is 2.11. The van der Waals surface area contributed by atoms with E-state index in [1.54, 1.807) is 30.3 Å². The topological polar surface area (TPSA) is 76.9 Å². The molecule has 2 aromatic heterocycles. The van der Waals surface area contributed by atoms with Crippen LogP contribution in [0.2, 0.25) is 0 Å². The van der Waals surface area contributed by atoms with Gasteiger partial charge in [-0.2, -0.15) is 5.10 Å². The molecule has 1 amide bonds. The molecule has 124 valence electrons. The lowest BCUT2D eigenvalue weighted by molar-refractivity contribution is -0.116. The molecule has 0 radical (unpaired) electrons. The van der Waals surface area contributed by atoms with Crippen LogP contribution in [0.25, 0.3) is 21.1 Å². The Labute approximate surface area is 144 Å². The number of benzene rings is 2. The van der Waals surface area contributed by atoms with E-state index in [0.717, 1.165) is 0 Å². The maximum Gasteiger partial charge on any atom is 0.247 e. The van der Waals surface area contributed by atoms with E-state index in [9.17, 15) is 14.0 Å². The van der Waals surface area contributed by atoms with Gasteiger partial charge in [-0.1, -0.05) is 23.5 Å². The summed E-state index contributed by atoms with van der Waals surface area (Å²) in [6.45, 7) is -0.0644. The van der Waals surface area contributed by atoms with Gasteiger partial charge in [0.25, 0.3) is 0 Å². The number of nitrogens with one attached hydrogen (secondary N) is 1. The van der Waals surface area contributed by atoms with Crippen molar-refractivity contribution in [3.05, 3.63) is 64.7 Å². The van der Waals surface area contributed by atoms with Gasteiger partial charge in [0, 0.05) is 5.39 Å². The summed E-state index contributed by atoms with van der Waals surface area (Å²) in [6.07, 6.45) is 1.19. The summed E-state index contributed by atoms with van der Waals surface area (Å²) in [7, 11) is 0. The highest BCUT2D eigenvalue weighted by Crippen LogP contribution is 2.26. The van der Waals surface area contributed by atoms with Crippen LogP contribution >= 0.6 is 11.3 Å². The van der Waals surface area contributed by atoms with Gasteiger partial charge in [-0.15, -0.1) is 0 Å². The first-order valence-electron chi connectivity index (χ1n) is 7.41. The van der Waals surface area contributed by atoms with E-state index in [1.807, 2.05) is 0 Å². The zero-order valence-corrected chi connectivity index (χ0v) is 13.6. The minimum Gasteiger partial charge on any atom is -0.300 e. The van der Waals surface area contributed by atoms with Crippen LogP contribution in [0.3, 0.4) is 0 Å². The van der Waals surface area contributed by atoms with E-state index < -0.39 is 0 Å². The van der Waals surface area contributed by atoms with Crippen LogP contribution in [-0.2, 0) is 11.3 Å². The quantitative estimate of drug-likeness (QED) is 0.614. The Morgan fingerprint density at radius 3 is 2.96 bits per heavy atom. The van der Waals surface area contributed by atoms with Gasteiger partial charge in [0.1, 0.15) is 12.4 Å². The molecular formula is C17H11FN4O2S. The second-order valence-corrected chi connectivity index (χ2v) is 6.39. The molecular weight excluding hydrogens is 343 g/mol. The SMILES string of the molecule is O=C(Cn1ncc(=O)c2ccccc21)Nc1nc2ccc(F)cc2s1. The highest BCUT2D eigenvalue weighted by molar-refractivity contribution is 7.22. The lowest BCUT2D eigenvalue weighted by Crippen LogP contribution is -2.22. The molecule has 8 heteroatoms. The lowest BCUT2D eigenvalue weighted by Gasteiger charge is -2.08. The third-order valence-corrected chi connectivity index (χ3v) is 4.59. The summed E-state index contributed by atoms with van der Waals surface area (Å²) in [4.78, 5) is 28.4. The lowest BCUT2D eigenvalue weighted by atomic mass is 10.2. The Hall–Kier alpha value is -3.13. The summed E-state index contributed by atoms with van der Waals surface area (Å²) in [6, 6.07) is 11.2. The van der Waals surface area contributed by atoms with E-state index in [4.69, 9.17) is 0 Å². The van der Waals surface area contributed by atoms with Gasteiger partial charge in [0.15, 0.2) is 5.13 Å². The van der Waals surface area contributed by atoms with Gasteiger partial charge in [0.2, 0.25) is 11.3 Å². The number of hydrogen-bond acceptors (Lipinski definition) is 5. The fourth-order valence-corrected chi connectivity index (χ4v) is 3.44. The average Bonchev–Trinajstić information content (AvgIpc) is 2.99. The van der Waals surface area contributed by atoms with Gasteiger partial charge in [-0.25, -0.2) is 9.37 Å². The molecule has 0 aliphatic carbocycles. The molecule has 0 bridgehead atoms. The molecule has 0 spiro atoms. The fraction of sp³-hybridized carbons (Fsp3) is 0.0588. The predicted molar refractivity (Wildman–Crippen MR) is 94.2 cm³/mol. The Morgan fingerprint density at radius 2 is 2.08 bits per heavy atom. The van der Waals surface area contributed by atoms with Crippen molar-refractivity contribution in [2.75, 3.05) is 5.32 Å². The maximum atomic E-state index is 13.2. The normalized spacial score (nSPS) is 11.1. The number of aromatic nitrogens is 3. The van der Waals surface area contributed by atoms with E-state index in [2.05, 4.69) is 15.4 Å². The first-order valence-corrected chi connectivity index (χ1v) is 8.22. The van der Waals surface area contributed by atoms with Crippen molar-refractivity contribution >= 4 is 43.5 Å². The number of amides is 1. The van der Waals surface area contributed by atoms with E-state index in [1.165, 1.54) is 34.3 Å². The largest absolute Gasteiger partial charge is 0.300 e. The zero-order chi connectivity index (χ0) is 17.4. The molecule has 0 fully saturated rings. The van der Waals surface area contributed by atoms with Crippen LogP contribution in [0.1, 0.15) is 0 Å². The number of carbonyl (C=O) groups excluding carboxylic acids is 1. The monoisotopic (exact) mass is 354 g/mol. The van der Waals surface area contributed by atoms with Gasteiger partial charge >= 0.3 is 0 Å². The molecule has 0 atom stereocenters. The maximum absolute atomic E-state index is 13.2. The van der Waals surface area contributed by atoms with Crippen LogP contribution in [0.15, 0.2) is 53.5 Å². The minimum atomic E-state index is -0.349. The van der Waals surface area contributed by atoms with Crippen molar-refractivity contribution < 1.29 is 9.18 Å². The first kappa shape index (κ1) is 15.4. The van der Waals surface area contributed by atoms with Crippen LogP contribution in [0.4, 0.5) is 9.52 Å². The van der Waals surface area contributed by atoms with Gasteiger partial charge < -0.3 is 5.32 Å². The summed E-state index contributed by atoms with van der Waals surface area (Å²) in [5, 5.41) is 7.59. The van der Waals surface area contributed by atoms with Crippen molar-refractivity contribution in [3.8, 4) is 0 Å². The second-order valence-electron chi connectivity index (χ2n) is 5.36. The molecule has 2 heterocycles. The molecule has 0 aliphatic rings. The third-order valence-electron chi connectivity index (χ3n) is 3.65. The fourth-order valence-electron chi connectivity index (χ4n) is 2.53. The van der Waals surface area contributed by atoms with E-state index >= 15 is 0 Å². The number of rotatable bonds is 3. The highest BCUT2D eigenvalue weighted by atomic mass is 32.1. The number of halogens is 1. The average molecular weight is 354 g/mol. The summed E-state index contributed by atoms with van der Waals surface area (Å²) >= 11 is 1.19. The Balaban J connectivity index is 1.60. The Morgan fingerprint density at radius 1 is 1.24 bits per heavy atom. The zero-order valence-electron chi connectivity index (χ0n) is 12.8. The van der Waals surface area contributed by atoms with Crippen molar-refractivity contribution in [1.82, 2.24) is 14.8 Å². The number of anilines is 1. The number of para-hydroxylation sites is 1. The van der Waals surface area contributed by atoms with Gasteiger partial charge in [-0.3, -0.25) is 14.3 Å². The molecule has 6 nitrogen and oxygen atoms in total. The van der Waals surface area contributed by atoms with Crippen LogP contribution in [-0.4, -0.2) is 20.7 Å². The summed E-state index contributed by atoms with van der Waals surface area (Å²) in [5.41, 5.74) is 1.01. The standard InChI is InChI=1S/C17H11FN4O2S/c18-10-5-6-12-15(7-10)25-17(20-12)21-16(24)9-22-13-4-2-1-3-11(13)14(23)8-19-22/h1-8H,9H2,(H,20,21,24). The summed E-state index contributed by atoms with van der Waals surface area (Å²) in [5.74, 6) is -0.682. The number of thiazole rings is 1. The van der Waals surface area contributed by atoms with Crippen molar-refractivity contribution in [2.24, 2.45) is 0 Å². The molecule has 4 rings (SSSR count). The van der Waals surface area contributed by atoms with E-state index in [-0.39, 0.29) is 23.7 Å². The number of carbonyl (C=O) groups is 1. The molecule has 0 aliphatic heterocycles. The molecule has 1 N–H and O–H groups in total. The minimum absolute atomic E-state index is 0.0644. The van der Waals surface area contributed by atoms with Crippen molar-refractivity contribution in [1.29, 1.82) is 0 Å². The number of nitrogens with zero attached hydrogens (tertiary/aromatic N) is 3. The first-order chi connectivity index (χ1) is 12.1. The van der Waals surface area contributed by atoms with Gasteiger partial charge in [0.05, 0.1) is 21.9 Å². The third kappa shape index (κ3) is 2.99. The Bertz CT molecular complexity index is 1170. The smallest absolute Gasteiger partial charge is 0.247 e. The van der Waals surface area contributed by atoms with Crippen LogP contribution in [0.5, 0.6) is 0 Å². The second kappa shape index (κ2) is 6.06. The molecule has 0 saturated heterocycles. The molecule has 0 saturated carbocycles. The van der Waals surface area contributed by atoms with Crippen LogP contribution < -0.4 is 10.7 Å². The van der Waals surface area contributed by atoms with E-state index in [0.29, 0.717) is 26.3 Å². The summed E-state index contributed by atoms with van der Waals surface area (Å²) < 4.78 is 15.3.